The van der Waals surface area contributed by atoms with Gasteiger partial charge in [-0.1, -0.05) is 26.7 Å². The number of hydrogen-bond donors (Lipinski definition) is 2. The third-order valence-electron chi connectivity index (χ3n) is 2.58. The van der Waals surface area contributed by atoms with Gasteiger partial charge in [0.25, 0.3) is 0 Å². The number of rotatable bonds is 6. The highest BCUT2D eigenvalue weighted by Gasteiger charge is 2.12. The molecule has 0 aliphatic rings. The van der Waals surface area contributed by atoms with Gasteiger partial charge in [-0.25, -0.2) is 5.43 Å². The molecule has 0 fully saturated rings. The number of nitrogens with one attached hydrogen (secondary N) is 1. The SMILES string of the molecule is Cc1ccc(C(CCCC(C)C)NN)o1. The molecule has 3 nitrogen and oxygen atoms in total. The quantitative estimate of drug-likeness (QED) is 0.560. The molecule has 15 heavy (non-hydrogen) atoms. The monoisotopic (exact) mass is 210 g/mol. The van der Waals surface area contributed by atoms with Gasteiger partial charge in [0.1, 0.15) is 11.5 Å². The van der Waals surface area contributed by atoms with Gasteiger partial charge >= 0.3 is 0 Å². The van der Waals surface area contributed by atoms with Crippen LogP contribution in [0.1, 0.15) is 50.7 Å². The highest BCUT2D eigenvalue weighted by Crippen LogP contribution is 2.21. The van der Waals surface area contributed by atoms with Gasteiger partial charge in [-0.15, -0.1) is 0 Å². The van der Waals surface area contributed by atoms with Crippen LogP contribution in [0.25, 0.3) is 0 Å². The summed E-state index contributed by atoms with van der Waals surface area (Å²) in [6.07, 6.45) is 3.44. The second kappa shape index (κ2) is 5.93. The lowest BCUT2D eigenvalue weighted by molar-refractivity contribution is 0.373. The summed E-state index contributed by atoms with van der Waals surface area (Å²) in [7, 11) is 0. The van der Waals surface area contributed by atoms with Crippen molar-refractivity contribution in [3.63, 3.8) is 0 Å². The van der Waals surface area contributed by atoms with E-state index in [1.165, 1.54) is 12.8 Å². The van der Waals surface area contributed by atoms with E-state index in [1.54, 1.807) is 0 Å². The minimum absolute atomic E-state index is 0.150. The molecule has 0 bridgehead atoms. The molecule has 1 heterocycles. The molecule has 0 amide bonds. The molecular formula is C12H22N2O. The molecule has 0 radical (unpaired) electrons. The summed E-state index contributed by atoms with van der Waals surface area (Å²) in [4.78, 5) is 0. The number of furan rings is 1. The zero-order valence-corrected chi connectivity index (χ0v) is 9.92. The molecule has 0 aliphatic heterocycles. The van der Waals surface area contributed by atoms with Gasteiger partial charge in [0.05, 0.1) is 6.04 Å². The Morgan fingerprint density at radius 3 is 2.53 bits per heavy atom. The minimum atomic E-state index is 0.150. The second-order valence-corrected chi connectivity index (χ2v) is 4.49. The van der Waals surface area contributed by atoms with E-state index in [9.17, 15) is 0 Å². The number of aryl methyl sites for hydroxylation is 1. The summed E-state index contributed by atoms with van der Waals surface area (Å²) in [5.41, 5.74) is 2.81. The van der Waals surface area contributed by atoms with Crippen LogP contribution in [-0.4, -0.2) is 0 Å². The molecule has 1 unspecified atom stereocenters. The average Bonchev–Trinajstić information content (AvgIpc) is 2.59. The van der Waals surface area contributed by atoms with Crippen LogP contribution < -0.4 is 11.3 Å². The van der Waals surface area contributed by atoms with Crippen LogP contribution in [-0.2, 0) is 0 Å². The average molecular weight is 210 g/mol. The lowest BCUT2D eigenvalue weighted by Gasteiger charge is -2.13. The highest BCUT2D eigenvalue weighted by atomic mass is 16.3. The van der Waals surface area contributed by atoms with Crippen molar-refractivity contribution in [1.82, 2.24) is 5.43 Å². The van der Waals surface area contributed by atoms with E-state index in [2.05, 4.69) is 19.3 Å². The Hall–Kier alpha value is -0.800. The molecule has 3 heteroatoms. The summed E-state index contributed by atoms with van der Waals surface area (Å²) >= 11 is 0. The number of hydrogen-bond acceptors (Lipinski definition) is 3. The third kappa shape index (κ3) is 4.06. The van der Waals surface area contributed by atoms with Crippen molar-refractivity contribution in [2.24, 2.45) is 11.8 Å². The first kappa shape index (κ1) is 12.3. The summed E-state index contributed by atoms with van der Waals surface area (Å²) in [6, 6.07) is 4.12. The highest BCUT2D eigenvalue weighted by molar-refractivity contribution is 5.09. The first-order chi connectivity index (χ1) is 7.13. The first-order valence-electron chi connectivity index (χ1n) is 5.66. The van der Waals surface area contributed by atoms with E-state index in [1.807, 2.05) is 19.1 Å². The zero-order valence-electron chi connectivity index (χ0n) is 9.92. The molecule has 0 aliphatic carbocycles. The van der Waals surface area contributed by atoms with Crippen LogP contribution >= 0.6 is 0 Å². The van der Waals surface area contributed by atoms with Crippen molar-refractivity contribution in [1.29, 1.82) is 0 Å². The first-order valence-corrected chi connectivity index (χ1v) is 5.66. The van der Waals surface area contributed by atoms with E-state index >= 15 is 0 Å². The minimum Gasteiger partial charge on any atom is -0.465 e. The van der Waals surface area contributed by atoms with Crippen LogP contribution in [0.3, 0.4) is 0 Å². The predicted molar refractivity (Wildman–Crippen MR) is 62.2 cm³/mol. The molecule has 0 aromatic carbocycles. The van der Waals surface area contributed by atoms with E-state index in [4.69, 9.17) is 10.3 Å². The van der Waals surface area contributed by atoms with Crippen molar-refractivity contribution >= 4 is 0 Å². The molecule has 3 N–H and O–H groups in total. The van der Waals surface area contributed by atoms with Crippen molar-refractivity contribution < 1.29 is 4.42 Å². The topological polar surface area (TPSA) is 51.2 Å². The fourth-order valence-corrected chi connectivity index (χ4v) is 1.68. The Morgan fingerprint density at radius 1 is 1.33 bits per heavy atom. The van der Waals surface area contributed by atoms with Gasteiger partial charge in [0.15, 0.2) is 0 Å². The van der Waals surface area contributed by atoms with Gasteiger partial charge in [-0.05, 0) is 31.4 Å². The van der Waals surface area contributed by atoms with E-state index in [0.717, 1.165) is 23.9 Å². The van der Waals surface area contributed by atoms with Crippen molar-refractivity contribution in [2.75, 3.05) is 0 Å². The fourth-order valence-electron chi connectivity index (χ4n) is 1.68. The maximum atomic E-state index is 5.55. The second-order valence-electron chi connectivity index (χ2n) is 4.49. The maximum Gasteiger partial charge on any atom is 0.122 e. The smallest absolute Gasteiger partial charge is 0.122 e. The lowest BCUT2D eigenvalue weighted by Crippen LogP contribution is -2.27. The Bertz CT molecular complexity index is 281. The van der Waals surface area contributed by atoms with Crippen molar-refractivity contribution in [3.8, 4) is 0 Å². The standard InChI is InChI=1S/C12H22N2O/c1-9(2)5-4-6-11(14-13)12-8-7-10(3)15-12/h7-9,11,14H,4-6,13H2,1-3H3. The van der Waals surface area contributed by atoms with Gasteiger partial charge in [0, 0.05) is 0 Å². The summed E-state index contributed by atoms with van der Waals surface area (Å²) in [5, 5.41) is 0. The van der Waals surface area contributed by atoms with Crippen LogP contribution in [0, 0.1) is 12.8 Å². The van der Waals surface area contributed by atoms with E-state index in [0.29, 0.717) is 0 Å². The summed E-state index contributed by atoms with van der Waals surface area (Å²) < 4.78 is 5.55. The largest absolute Gasteiger partial charge is 0.465 e. The molecule has 1 rings (SSSR count). The molecule has 1 aromatic rings. The Kier molecular flexibility index (Phi) is 4.85. The van der Waals surface area contributed by atoms with Gasteiger partial charge in [0.2, 0.25) is 0 Å². The predicted octanol–water partition coefficient (Wildman–Crippen LogP) is 2.92. The molecule has 0 spiro atoms. The number of nitrogens with two attached hydrogens (primary N) is 1. The lowest BCUT2D eigenvalue weighted by atomic mass is 10.0. The zero-order chi connectivity index (χ0) is 11.3. The maximum absolute atomic E-state index is 5.55. The summed E-state index contributed by atoms with van der Waals surface area (Å²) in [5.74, 6) is 8.15. The van der Waals surface area contributed by atoms with Gasteiger partial charge in [-0.3, -0.25) is 5.84 Å². The fraction of sp³-hybridized carbons (Fsp3) is 0.667. The van der Waals surface area contributed by atoms with Crippen LogP contribution in [0.15, 0.2) is 16.5 Å². The van der Waals surface area contributed by atoms with E-state index < -0.39 is 0 Å². The van der Waals surface area contributed by atoms with Crippen LogP contribution in [0.2, 0.25) is 0 Å². The van der Waals surface area contributed by atoms with Crippen molar-refractivity contribution in [3.05, 3.63) is 23.7 Å². The Morgan fingerprint density at radius 2 is 2.07 bits per heavy atom. The molecule has 1 aromatic heterocycles. The van der Waals surface area contributed by atoms with Crippen LogP contribution in [0.4, 0.5) is 0 Å². The Labute approximate surface area is 92.0 Å². The molecular weight excluding hydrogens is 188 g/mol. The Balaban J connectivity index is 2.42. The molecule has 86 valence electrons. The van der Waals surface area contributed by atoms with Gasteiger partial charge in [-0.2, -0.15) is 0 Å². The van der Waals surface area contributed by atoms with Crippen LogP contribution in [0.5, 0.6) is 0 Å². The summed E-state index contributed by atoms with van der Waals surface area (Å²) in [6.45, 7) is 6.43. The molecule has 1 atom stereocenters. The third-order valence-corrected chi connectivity index (χ3v) is 2.58. The normalized spacial score (nSPS) is 13.4. The van der Waals surface area contributed by atoms with E-state index in [-0.39, 0.29) is 6.04 Å². The van der Waals surface area contributed by atoms with Gasteiger partial charge < -0.3 is 4.42 Å². The van der Waals surface area contributed by atoms with Crippen molar-refractivity contribution in [2.45, 2.75) is 46.1 Å². The molecule has 0 saturated heterocycles. The number of hydrazine groups is 1. The molecule has 0 saturated carbocycles.